The van der Waals surface area contributed by atoms with Crippen molar-refractivity contribution in [3.8, 4) is 0 Å². The maximum Gasteiger partial charge on any atom is 0.122 e. The first-order valence-corrected chi connectivity index (χ1v) is 6.96. The minimum Gasteiger partial charge on any atom is -0.382 e. The molecule has 3 nitrogen and oxygen atoms in total. The largest absolute Gasteiger partial charge is 0.382 e. The molecular formula is C14H16Cl2N2O. The Hall–Kier alpha value is -1.03. The summed E-state index contributed by atoms with van der Waals surface area (Å²) in [7, 11) is 0. The van der Waals surface area contributed by atoms with Gasteiger partial charge in [0.05, 0.1) is 16.9 Å². The Kier molecular flexibility index (Phi) is 4.50. The molecule has 2 aromatic rings. The van der Waals surface area contributed by atoms with Gasteiger partial charge in [-0.2, -0.15) is 5.10 Å². The molecule has 0 aliphatic carbocycles. The molecular weight excluding hydrogens is 283 g/mol. The zero-order valence-electron chi connectivity index (χ0n) is 10.9. The molecule has 1 unspecified atom stereocenters. The van der Waals surface area contributed by atoms with E-state index in [1.165, 1.54) is 0 Å². The van der Waals surface area contributed by atoms with Gasteiger partial charge in [0.1, 0.15) is 6.10 Å². The zero-order valence-corrected chi connectivity index (χ0v) is 12.4. The Morgan fingerprint density at radius 3 is 2.74 bits per heavy atom. The number of aliphatic hydroxyl groups is 1. The normalized spacial score (nSPS) is 12.7. The van der Waals surface area contributed by atoms with Crippen molar-refractivity contribution in [3.63, 3.8) is 0 Å². The highest BCUT2D eigenvalue weighted by Crippen LogP contribution is 2.32. The quantitative estimate of drug-likeness (QED) is 0.927. The third-order valence-electron chi connectivity index (χ3n) is 3.13. The third-order valence-corrected chi connectivity index (χ3v) is 3.83. The van der Waals surface area contributed by atoms with E-state index >= 15 is 0 Å². The van der Waals surface area contributed by atoms with Gasteiger partial charge in [-0.1, -0.05) is 42.3 Å². The number of hydrogen-bond acceptors (Lipinski definition) is 2. The molecule has 1 aromatic carbocycles. The van der Waals surface area contributed by atoms with E-state index < -0.39 is 6.10 Å². The van der Waals surface area contributed by atoms with Gasteiger partial charge in [-0.15, -0.1) is 0 Å². The molecule has 0 aliphatic heterocycles. The van der Waals surface area contributed by atoms with Gasteiger partial charge in [0.25, 0.3) is 0 Å². The van der Waals surface area contributed by atoms with Gasteiger partial charge in [0.15, 0.2) is 0 Å². The third kappa shape index (κ3) is 2.78. The van der Waals surface area contributed by atoms with E-state index in [9.17, 15) is 5.11 Å². The lowest BCUT2D eigenvalue weighted by Gasteiger charge is -2.17. The minimum absolute atomic E-state index is 0.473. The van der Waals surface area contributed by atoms with Gasteiger partial charge in [-0.05, 0) is 30.5 Å². The summed E-state index contributed by atoms with van der Waals surface area (Å²) >= 11 is 12.2. The predicted octanol–water partition coefficient (Wildman–Crippen LogP) is 3.99. The first-order valence-electron chi connectivity index (χ1n) is 6.20. The Balaban J connectivity index is 2.46. The number of benzene rings is 1. The van der Waals surface area contributed by atoms with Crippen LogP contribution in [0.1, 0.15) is 36.3 Å². The fraction of sp³-hybridized carbons (Fsp3) is 0.357. The number of aliphatic hydroxyl groups excluding tert-OH is 1. The van der Waals surface area contributed by atoms with E-state index in [0.717, 1.165) is 24.1 Å². The van der Waals surface area contributed by atoms with Gasteiger partial charge >= 0.3 is 0 Å². The Morgan fingerprint density at radius 1 is 1.32 bits per heavy atom. The average Bonchev–Trinajstić information content (AvgIpc) is 2.74. The molecule has 0 amide bonds. The van der Waals surface area contributed by atoms with Crippen LogP contribution in [-0.4, -0.2) is 14.9 Å². The summed E-state index contributed by atoms with van der Waals surface area (Å²) < 4.78 is 1.74. The summed E-state index contributed by atoms with van der Waals surface area (Å²) in [5.74, 6) is 0. The lowest BCUT2D eigenvalue weighted by molar-refractivity contribution is 0.206. The van der Waals surface area contributed by atoms with E-state index in [1.807, 2.05) is 19.1 Å². The minimum atomic E-state index is -0.819. The standard InChI is InChI=1S/C14H16Cl2N2O/c1-3-7-18-13(12(16)8-17-18)14(19)10-5-4-6-11(15)9(10)2/h4-6,8,14,19H,3,7H2,1-2H3. The molecule has 5 heteroatoms. The van der Waals surface area contributed by atoms with Crippen molar-refractivity contribution in [1.82, 2.24) is 9.78 Å². The maximum atomic E-state index is 10.6. The van der Waals surface area contributed by atoms with Gasteiger partial charge in [0.2, 0.25) is 0 Å². The molecule has 1 atom stereocenters. The second-order valence-electron chi connectivity index (χ2n) is 4.46. The van der Waals surface area contributed by atoms with Crippen molar-refractivity contribution in [1.29, 1.82) is 0 Å². The Labute approximate surface area is 122 Å². The number of hydrogen-bond donors (Lipinski definition) is 1. The van der Waals surface area contributed by atoms with Crippen molar-refractivity contribution in [3.05, 3.63) is 51.3 Å². The fourth-order valence-corrected chi connectivity index (χ4v) is 2.53. The lowest BCUT2D eigenvalue weighted by Crippen LogP contribution is -2.11. The highest BCUT2D eigenvalue weighted by molar-refractivity contribution is 6.31. The summed E-state index contributed by atoms with van der Waals surface area (Å²) in [4.78, 5) is 0. The molecule has 2 rings (SSSR count). The fourth-order valence-electron chi connectivity index (χ4n) is 2.10. The topological polar surface area (TPSA) is 38.0 Å². The molecule has 0 bridgehead atoms. The second kappa shape index (κ2) is 5.95. The highest BCUT2D eigenvalue weighted by Gasteiger charge is 2.21. The Bertz CT molecular complexity index is 581. The highest BCUT2D eigenvalue weighted by atomic mass is 35.5. The first kappa shape index (κ1) is 14.4. The van der Waals surface area contributed by atoms with Crippen molar-refractivity contribution in [2.75, 3.05) is 0 Å². The molecule has 1 aromatic heterocycles. The molecule has 0 radical (unpaired) electrons. The van der Waals surface area contributed by atoms with Crippen molar-refractivity contribution >= 4 is 23.2 Å². The van der Waals surface area contributed by atoms with Crippen molar-refractivity contribution in [2.45, 2.75) is 32.9 Å². The lowest BCUT2D eigenvalue weighted by atomic mass is 10.0. The van der Waals surface area contributed by atoms with Crippen LogP contribution in [0.2, 0.25) is 10.0 Å². The molecule has 19 heavy (non-hydrogen) atoms. The number of aryl methyl sites for hydroxylation is 1. The van der Waals surface area contributed by atoms with Crippen LogP contribution in [0, 0.1) is 6.92 Å². The summed E-state index contributed by atoms with van der Waals surface area (Å²) in [6.07, 6.45) is 1.67. The van der Waals surface area contributed by atoms with Crippen LogP contribution in [0.25, 0.3) is 0 Å². The number of rotatable bonds is 4. The van der Waals surface area contributed by atoms with Crippen LogP contribution in [-0.2, 0) is 6.54 Å². The number of nitrogens with zero attached hydrogens (tertiary/aromatic N) is 2. The number of aromatic nitrogens is 2. The van der Waals surface area contributed by atoms with Gasteiger partial charge in [-0.25, -0.2) is 0 Å². The summed E-state index contributed by atoms with van der Waals surface area (Å²) in [5, 5.41) is 15.9. The molecule has 0 aliphatic rings. The molecule has 1 heterocycles. The van der Waals surface area contributed by atoms with Crippen molar-refractivity contribution in [2.24, 2.45) is 0 Å². The molecule has 1 N–H and O–H groups in total. The molecule has 102 valence electrons. The van der Waals surface area contributed by atoms with Crippen LogP contribution < -0.4 is 0 Å². The zero-order chi connectivity index (χ0) is 14.0. The van der Waals surface area contributed by atoms with E-state index in [2.05, 4.69) is 12.0 Å². The molecule has 0 saturated carbocycles. The second-order valence-corrected chi connectivity index (χ2v) is 5.27. The monoisotopic (exact) mass is 298 g/mol. The molecule has 0 spiro atoms. The summed E-state index contributed by atoms with van der Waals surface area (Å²) in [6, 6.07) is 5.48. The smallest absolute Gasteiger partial charge is 0.122 e. The SMILES string of the molecule is CCCn1ncc(Cl)c1C(O)c1cccc(Cl)c1C. The summed E-state index contributed by atoms with van der Waals surface area (Å²) in [6.45, 7) is 4.66. The maximum absolute atomic E-state index is 10.6. The van der Waals surface area contributed by atoms with E-state index in [-0.39, 0.29) is 0 Å². The average molecular weight is 299 g/mol. The summed E-state index contributed by atoms with van der Waals surface area (Å²) in [5.41, 5.74) is 2.23. The number of halogens is 2. The first-order chi connectivity index (χ1) is 9.06. The predicted molar refractivity (Wildman–Crippen MR) is 77.8 cm³/mol. The van der Waals surface area contributed by atoms with Crippen LogP contribution >= 0.6 is 23.2 Å². The van der Waals surface area contributed by atoms with Crippen LogP contribution in [0.4, 0.5) is 0 Å². The van der Waals surface area contributed by atoms with E-state index in [4.69, 9.17) is 23.2 Å². The van der Waals surface area contributed by atoms with Gasteiger partial charge in [0, 0.05) is 11.6 Å². The van der Waals surface area contributed by atoms with E-state index in [1.54, 1.807) is 16.9 Å². The van der Waals surface area contributed by atoms with Crippen LogP contribution in [0.3, 0.4) is 0 Å². The molecule has 0 fully saturated rings. The van der Waals surface area contributed by atoms with Crippen LogP contribution in [0.15, 0.2) is 24.4 Å². The van der Waals surface area contributed by atoms with E-state index in [0.29, 0.717) is 15.7 Å². The van der Waals surface area contributed by atoms with Gasteiger partial charge < -0.3 is 5.11 Å². The van der Waals surface area contributed by atoms with Gasteiger partial charge in [-0.3, -0.25) is 4.68 Å². The Morgan fingerprint density at radius 2 is 2.05 bits per heavy atom. The van der Waals surface area contributed by atoms with Crippen molar-refractivity contribution < 1.29 is 5.11 Å². The van der Waals surface area contributed by atoms with Crippen LogP contribution in [0.5, 0.6) is 0 Å². The molecule has 0 saturated heterocycles.